The fraction of sp³-hybridized carbons (Fsp3) is 0.444. The summed E-state index contributed by atoms with van der Waals surface area (Å²) in [5.41, 5.74) is 2.44. The molecule has 27 heavy (non-hydrogen) atoms. The molecular weight excluding hydrogens is 344 g/mol. The number of carbonyl (C=O) groups excluding carboxylic acids is 1. The van der Waals surface area contributed by atoms with E-state index in [1.165, 1.54) is 0 Å². The molecule has 3 heterocycles. The highest BCUT2D eigenvalue weighted by molar-refractivity contribution is 5.91. The molecule has 1 aliphatic rings. The van der Waals surface area contributed by atoms with Crippen LogP contribution in [-0.2, 0) is 20.1 Å². The molecule has 4 rings (SSSR count). The minimum Gasteiger partial charge on any atom is -0.334 e. The summed E-state index contributed by atoms with van der Waals surface area (Å²) in [6.45, 7) is 6.94. The van der Waals surface area contributed by atoms with Gasteiger partial charge in [0, 0.05) is 57.9 Å². The predicted molar refractivity (Wildman–Crippen MR) is 102 cm³/mol. The largest absolute Gasteiger partial charge is 0.334 e. The number of piperazine rings is 1. The molecule has 0 atom stereocenters. The Labute approximate surface area is 157 Å². The normalized spacial score (nSPS) is 15.4. The van der Waals surface area contributed by atoms with Crippen molar-refractivity contribution >= 4 is 22.8 Å². The SMILES string of the molecule is CCn1ccnc1CN1CCN(C(=O)Nc2ccc3c(c2)nnn3C)CC1. The number of aryl methyl sites for hydroxylation is 2. The highest BCUT2D eigenvalue weighted by Gasteiger charge is 2.22. The maximum Gasteiger partial charge on any atom is 0.321 e. The van der Waals surface area contributed by atoms with E-state index in [-0.39, 0.29) is 6.03 Å². The van der Waals surface area contributed by atoms with Crippen LogP contribution in [0, 0.1) is 0 Å². The molecule has 3 aromatic rings. The van der Waals surface area contributed by atoms with E-state index in [0.29, 0.717) is 13.1 Å². The van der Waals surface area contributed by atoms with Crippen LogP contribution in [-0.4, -0.2) is 66.6 Å². The second-order valence-electron chi connectivity index (χ2n) is 6.74. The molecule has 1 saturated heterocycles. The molecule has 2 amide bonds. The van der Waals surface area contributed by atoms with Gasteiger partial charge in [-0.2, -0.15) is 0 Å². The number of nitrogens with one attached hydrogen (secondary N) is 1. The number of hydrogen-bond acceptors (Lipinski definition) is 5. The fourth-order valence-corrected chi connectivity index (χ4v) is 3.41. The maximum absolute atomic E-state index is 12.6. The third-order valence-corrected chi connectivity index (χ3v) is 5.03. The first-order valence-electron chi connectivity index (χ1n) is 9.22. The average molecular weight is 368 g/mol. The van der Waals surface area contributed by atoms with Crippen LogP contribution in [0.25, 0.3) is 11.0 Å². The monoisotopic (exact) mass is 368 g/mol. The second-order valence-corrected chi connectivity index (χ2v) is 6.74. The maximum atomic E-state index is 12.6. The van der Waals surface area contributed by atoms with E-state index in [4.69, 9.17) is 0 Å². The number of benzene rings is 1. The van der Waals surface area contributed by atoms with Crippen LogP contribution in [0.5, 0.6) is 0 Å². The summed E-state index contributed by atoms with van der Waals surface area (Å²) in [7, 11) is 1.85. The number of nitrogens with zero attached hydrogens (tertiary/aromatic N) is 7. The van der Waals surface area contributed by atoms with Gasteiger partial charge in [0.25, 0.3) is 0 Å². The molecule has 9 nitrogen and oxygen atoms in total. The lowest BCUT2D eigenvalue weighted by atomic mass is 10.2. The number of hydrogen-bond donors (Lipinski definition) is 1. The van der Waals surface area contributed by atoms with Crippen molar-refractivity contribution in [1.82, 2.24) is 34.3 Å². The highest BCUT2D eigenvalue weighted by Crippen LogP contribution is 2.17. The summed E-state index contributed by atoms with van der Waals surface area (Å²) < 4.78 is 3.87. The second kappa shape index (κ2) is 7.36. The number of carbonyl (C=O) groups is 1. The molecule has 1 aromatic carbocycles. The smallest absolute Gasteiger partial charge is 0.321 e. The number of urea groups is 1. The predicted octanol–water partition coefficient (Wildman–Crippen LogP) is 1.53. The van der Waals surface area contributed by atoms with Gasteiger partial charge in [0.1, 0.15) is 11.3 Å². The zero-order valence-corrected chi connectivity index (χ0v) is 15.7. The molecule has 1 fully saturated rings. The number of fused-ring (bicyclic) bond motifs is 1. The molecule has 0 bridgehead atoms. The number of amides is 2. The number of anilines is 1. The number of imidazole rings is 1. The Balaban J connectivity index is 1.32. The first-order valence-corrected chi connectivity index (χ1v) is 9.22. The Morgan fingerprint density at radius 2 is 2.04 bits per heavy atom. The van der Waals surface area contributed by atoms with E-state index in [2.05, 4.69) is 37.0 Å². The van der Waals surface area contributed by atoms with Gasteiger partial charge in [0.15, 0.2) is 0 Å². The van der Waals surface area contributed by atoms with Gasteiger partial charge in [0.05, 0.1) is 12.1 Å². The van der Waals surface area contributed by atoms with E-state index in [1.54, 1.807) is 4.68 Å². The molecule has 0 radical (unpaired) electrons. The first kappa shape index (κ1) is 17.5. The summed E-state index contributed by atoms with van der Waals surface area (Å²) in [6.07, 6.45) is 3.85. The highest BCUT2D eigenvalue weighted by atomic mass is 16.2. The van der Waals surface area contributed by atoms with Crippen LogP contribution < -0.4 is 5.32 Å². The van der Waals surface area contributed by atoms with E-state index >= 15 is 0 Å². The zero-order valence-electron chi connectivity index (χ0n) is 15.7. The first-order chi connectivity index (χ1) is 13.1. The summed E-state index contributed by atoms with van der Waals surface area (Å²) in [6, 6.07) is 5.57. The molecule has 142 valence electrons. The van der Waals surface area contributed by atoms with Crippen molar-refractivity contribution in [2.75, 3.05) is 31.5 Å². The number of aromatic nitrogens is 5. The molecule has 0 saturated carbocycles. The van der Waals surface area contributed by atoms with Gasteiger partial charge in [-0.1, -0.05) is 5.21 Å². The lowest BCUT2D eigenvalue weighted by Crippen LogP contribution is -2.49. The van der Waals surface area contributed by atoms with Crippen LogP contribution in [0.4, 0.5) is 10.5 Å². The van der Waals surface area contributed by atoms with Crippen molar-refractivity contribution in [3.63, 3.8) is 0 Å². The van der Waals surface area contributed by atoms with Gasteiger partial charge in [-0.05, 0) is 25.1 Å². The van der Waals surface area contributed by atoms with Gasteiger partial charge < -0.3 is 14.8 Å². The van der Waals surface area contributed by atoms with Crippen molar-refractivity contribution < 1.29 is 4.79 Å². The van der Waals surface area contributed by atoms with E-state index in [1.807, 2.05) is 42.5 Å². The average Bonchev–Trinajstić information content (AvgIpc) is 3.28. The third-order valence-electron chi connectivity index (χ3n) is 5.03. The van der Waals surface area contributed by atoms with Gasteiger partial charge in [0.2, 0.25) is 0 Å². The van der Waals surface area contributed by atoms with E-state index in [9.17, 15) is 4.79 Å². The van der Waals surface area contributed by atoms with Crippen LogP contribution in [0.15, 0.2) is 30.6 Å². The molecular formula is C18H24N8O. The lowest BCUT2D eigenvalue weighted by Gasteiger charge is -2.34. The molecule has 0 aliphatic carbocycles. The van der Waals surface area contributed by atoms with Gasteiger partial charge >= 0.3 is 6.03 Å². The van der Waals surface area contributed by atoms with Crippen molar-refractivity contribution in [3.8, 4) is 0 Å². The molecule has 0 unspecified atom stereocenters. The molecule has 2 aromatic heterocycles. The summed E-state index contributed by atoms with van der Waals surface area (Å²) >= 11 is 0. The van der Waals surface area contributed by atoms with Crippen LogP contribution in [0.1, 0.15) is 12.7 Å². The van der Waals surface area contributed by atoms with Gasteiger partial charge in [-0.25, -0.2) is 14.5 Å². The quantitative estimate of drug-likeness (QED) is 0.755. The Hall–Kier alpha value is -2.94. The van der Waals surface area contributed by atoms with Gasteiger partial charge in [-0.3, -0.25) is 4.90 Å². The summed E-state index contributed by atoms with van der Waals surface area (Å²) in [5, 5.41) is 11.0. The summed E-state index contributed by atoms with van der Waals surface area (Å²) in [5.74, 6) is 1.08. The van der Waals surface area contributed by atoms with Crippen LogP contribution in [0.2, 0.25) is 0 Å². The summed E-state index contributed by atoms with van der Waals surface area (Å²) in [4.78, 5) is 21.2. The molecule has 1 N–H and O–H groups in total. The van der Waals surface area contributed by atoms with E-state index in [0.717, 1.165) is 48.7 Å². The van der Waals surface area contributed by atoms with Gasteiger partial charge in [-0.15, -0.1) is 5.10 Å². The Morgan fingerprint density at radius 1 is 1.22 bits per heavy atom. The van der Waals surface area contributed by atoms with Crippen molar-refractivity contribution in [2.24, 2.45) is 7.05 Å². The third kappa shape index (κ3) is 3.63. The molecule has 1 aliphatic heterocycles. The van der Waals surface area contributed by atoms with Crippen molar-refractivity contribution in [1.29, 1.82) is 0 Å². The zero-order chi connectivity index (χ0) is 18.8. The standard InChI is InChI=1S/C18H24N8O/c1-3-25-7-6-19-17(25)13-24-8-10-26(11-9-24)18(27)20-14-4-5-16-15(12-14)21-22-23(16)2/h4-7,12H,3,8-11,13H2,1-2H3,(H,20,27). The molecule has 0 spiro atoms. The Bertz CT molecular complexity index is 938. The molecule has 9 heteroatoms. The van der Waals surface area contributed by atoms with Crippen LogP contribution >= 0.6 is 0 Å². The van der Waals surface area contributed by atoms with Crippen molar-refractivity contribution in [3.05, 3.63) is 36.4 Å². The van der Waals surface area contributed by atoms with E-state index < -0.39 is 0 Å². The Morgan fingerprint density at radius 3 is 2.81 bits per heavy atom. The number of rotatable bonds is 4. The minimum atomic E-state index is -0.0760. The topological polar surface area (TPSA) is 84.1 Å². The minimum absolute atomic E-state index is 0.0760. The fourth-order valence-electron chi connectivity index (χ4n) is 3.41. The van der Waals surface area contributed by atoms with Crippen LogP contribution in [0.3, 0.4) is 0 Å². The lowest BCUT2D eigenvalue weighted by molar-refractivity contribution is 0.140. The van der Waals surface area contributed by atoms with Crippen molar-refractivity contribution in [2.45, 2.75) is 20.0 Å². The Kier molecular flexibility index (Phi) is 4.76.